The summed E-state index contributed by atoms with van der Waals surface area (Å²) in [6, 6.07) is 0.285. The summed E-state index contributed by atoms with van der Waals surface area (Å²) in [5.74, 6) is 0.998. The van der Waals surface area contributed by atoms with Crippen molar-refractivity contribution in [2.45, 2.75) is 32.2 Å². The number of rotatable bonds is 3. The maximum Gasteiger partial charge on any atom is 0.144 e. The van der Waals surface area contributed by atoms with Gasteiger partial charge in [0.25, 0.3) is 0 Å². The van der Waals surface area contributed by atoms with E-state index in [4.69, 9.17) is 12.2 Å². The molecular weight excluding hydrogens is 336 g/mol. The highest BCUT2D eigenvalue weighted by Crippen LogP contribution is 2.24. The van der Waals surface area contributed by atoms with Crippen LogP contribution in [0.25, 0.3) is 0 Å². The highest BCUT2D eigenvalue weighted by molar-refractivity contribution is 9.10. The molecule has 1 N–H and O–H groups in total. The number of aromatic nitrogens is 2. The summed E-state index contributed by atoms with van der Waals surface area (Å²) in [6.07, 6.45) is 3.28. The summed E-state index contributed by atoms with van der Waals surface area (Å²) in [6.45, 7) is 5.40. The number of nitrogens with zero attached hydrogens (tertiary/aromatic N) is 3. The van der Waals surface area contributed by atoms with E-state index in [9.17, 15) is 0 Å². The zero-order chi connectivity index (χ0) is 14.7. The molecular formula is C14H23BrN4S. The number of aromatic amines is 1. The van der Waals surface area contributed by atoms with Gasteiger partial charge in [0.2, 0.25) is 0 Å². The second-order valence-corrected chi connectivity index (χ2v) is 6.76. The van der Waals surface area contributed by atoms with Crippen LogP contribution in [0.15, 0.2) is 4.47 Å². The number of hydrogen-bond acceptors (Lipinski definition) is 4. The van der Waals surface area contributed by atoms with Crippen LogP contribution >= 0.6 is 28.1 Å². The third-order valence-corrected chi connectivity index (χ3v) is 5.25. The molecule has 2 rings (SSSR count). The van der Waals surface area contributed by atoms with Gasteiger partial charge in [-0.1, -0.05) is 25.6 Å². The number of aryl methyl sites for hydroxylation is 1. The second kappa shape index (κ2) is 7.11. The first kappa shape index (κ1) is 16.1. The van der Waals surface area contributed by atoms with Crippen molar-refractivity contribution in [1.82, 2.24) is 19.8 Å². The summed E-state index contributed by atoms with van der Waals surface area (Å²) >= 11 is 8.96. The van der Waals surface area contributed by atoms with Crippen LogP contribution in [-0.2, 0) is 6.42 Å². The SMILES string of the molecule is CCCc1[nH]c(C2CN(C)CCCN2C)nc(=S)c1Br. The molecule has 112 valence electrons. The molecule has 4 nitrogen and oxygen atoms in total. The van der Waals surface area contributed by atoms with Gasteiger partial charge >= 0.3 is 0 Å². The van der Waals surface area contributed by atoms with Crippen LogP contribution in [0.5, 0.6) is 0 Å². The van der Waals surface area contributed by atoms with Crippen LogP contribution in [0.2, 0.25) is 0 Å². The van der Waals surface area contributed by atoms with Gasteiger partial charge in [0.1, 0.15) is 10.5 Å². The molecule has 1 fully saturated rings. The normalized spacial score (nSPS) is 21.9. The molecule has 0 bridgehead atoms. The Morgan fingerprint density at radius 1 is 1.40 bits per heavy atom. The van der Waals surface area contributed by atoms with E-state index in [-0.39, 0.29) is 6.04 Å². The van der Waals surface area contributed by atoms with Gasteiger partial charge in [-0.15, -0.1) is 0 Å². The first-order chi connectivity index (χ1) is 9.52. The summed E-state index contributed by atoms with van der Waals surface area (Å²) < 4.78 is 1.62. The molecule has 1 unspecified atom stereocenters. The minimum atomic E-state index is 0.285. The van der Waals surface area contributed by atoms with Gasteiger partial charge in [0.05, 0.1) is 10.5 Å². The second-order valence-electron chi connectivity index (χ2n) is 5.58. The molecule has 20 heavy (non-hydrogen) atoms. The quantitative estimate of drug-likeness (QED) is 0.841. The smallest absolute Gasteiger partial charge is 0.144 e. The van der Waals surface area contributed by atoms with Crippen LogP contribution in [0, 0.1) is 4.64 Å². The van der Waals surface area contributed by atoms with E-state index in [2.05, 4.69) is 56.7 Å². The number of hydrogen-bond donors (Lipinski definition) is 1. The molecule has 0 radical (unpaired) electrons. The van der Waals surface area contributed by atoms with Crippen molar-refractivity contribution in [3.63, 3.8) is 0 Å². The Labute approximate surface area is 134 Å². The van der Waals surface area contributed by atoms with Gasteiger partial charge in [-0.2, -0.15) is 0 Å². The molecule has 1 aliphatic heterocycles. The van der Waals surface area contributed by atoms with Gasteiger partial charge in [-0.25, -0.2) is 4.98 Å². The molecule has 2 heterocycles. The number of H-pyrrole nitrogens is 1. The molecule has 1 aliphatic rings. The van der Waals surface area contributed by atoms with E-state index in [1.54, 1.807) is 0 Å². The van der Waals surface area contributed by atoms with E-state index >= 15 is 0 Å². The zero-order valence-corrected chi connectivity index (χ0v) is 14.9. The topological polar surface area (TPSA) is 35.2 Å². The lowest BCUT2D eigenvalue weighted by atomic mass is 10.2. The number of likely N-dealkylation sites (N-methyl/N-ethyl adjacent to an activating group) is 2. The third-order valence-electron chi connectivity index (χ3n) is 3.84. The minimum Gasteiger partial charge on any atom is -0.345 e. The molecule has 1 aromatic rings. The Morgan fingerprint density at radius 2 is 2.15 bits per heavy atom. The highest BCUT2D eigenvalue weighted by atomic mass is 79.9. The molecule has 1 saturated heterocycles. The van der Waals surface area contributed by atoms with Crippen LogP contribution in [-0.4, -0.2) is 53.5 Å². The van der Waals surface area contributed by atoms with Gasteiger partial charge in [-0.3, -0.25) is 4.90 Å². The Hall–Kier alpha value is -0.300. The molecule has 6 heteroatoms. The summed E-state index contributed by atoms with van der Waals surface area (Å²) in [7, 11) is 4.34. The molecule has 0 aliphatic carbocycles. The van der Waals surface area contributed by atoms with Crippen LogP contribution in [0.1, 0.15) is 37.3 Å². The number of halogens is 1. The van der Waals surface area contributed by atoms with Gasteiger partial charge in [0.15, 0.2) is 0 Å². The fourth-order valence-corrected chi connectivity index (χ4v) is 3.28. The average Bonchev–Trinajstić information content (AvgIpc) is 2.57. The largest absolute Gasteiger partial charge is 0.345 e. The molecule has 1 atom stereocenters. The molecule has 0 amide bonds. The average molecular weight is 359 g/mol. The first-order valence-electron chi connectivity index (χ1n) is 7.20. The molecule has 0 aromatic carbocycles. The maximum atomic E-state index is 5.40. The lowest BCUT2D eigenvalue weighted by Gasteiger charge is -2.27. The van der Waals surface area contributed by atoms with E-state index < -0.39 is 0 Å². The third kappa shape index (κ3) is 3.67. The van der Waals surface area contributed by atoms with Crippen molar-refractivity contribution < 1.29 is 0 Å². The fraction of sp³-hybridized carbons (Fsp3) is 0.714. The van der Waals surface area contributed by atoms with E-state index in [1.165, 1.54) is 12.1 Å². The fourth-order valence-electron chi connectivity index (χ4n) is 2.67. The van der Waals surface area contributed by atoms with E-state index in [1.807, 2.05) is 0 Å². The Bertz CT molecular complexity index is 516. The Kier molecular flexibility index (Phi) is 5.72. The maximum absolute atomic E-state index is 5.40. The van der Waals surface area contributed by atoms with Crippen LogP contribution in [0.4, 0.5) is 0 Å². The van der Waals surface area contributed by atoms with Crippen LogP contribution in [0.3, 0.4) is 0 Å². The predicted octanol–water partition coefficient (Wildman–Crippen LogP) is 3.16. The predicted molar refractivity (Wildman–Crippen MR) is 88.6 cm³/mol. The van der Waals surface area contributed by atoms with Gasteiger partial charge in [0, 0.05) is 12.2 Å². The molecule has 0 spiro atoms. The molecule has 0 saturated carbocycles. The lowest BCUT2D eigenvalue weighted by molar-refractivity contribution is 0.219. The summed E-state index contributed by atoms with van der Waals surface area (Å²) in [5, 5.41) is 0. The van der Waals surface area contributed by atoms with Crippen molar-refractivity contribution in [2.24, 2.45) is 0 Å². The Balaban J connectivity index is 2.37. The standard InChI is InChI=1S/C14H23BrN4S/c1-4-6-10-12(15)14(20)17-13(16-10)11-9-18(2)7-5-8-19(11)3/h11H,4-9H2,1-3H3,(H,16,17,20). The van der Waals surface area contributed by atoms with Crippen molar-refractivity contribution in [1.29, 1.82) is 0 Å². The van der Waals surface area contributed by atoms with Gasteiger partial charge < -0.3 is 9.88 Å². The van der Waals surface area contributed by atoms with Crippen molar-refractivity contribution in [3.05, 3.63) is 20.6 Å². The minimum absolute atomic E-state index is 0.285. The molecule has 1 aromatic heterocycles. The highest BCUT2D eigenvalue weighted by Gasteiger charge is 2.24. The summed E-state index contributed by atoms with van der Waals surface area (Å²) in [5.41, 5.74) is 1.17. The Morgan fingerprint density at radius 3 is 2.85 bits per heavy atom. The van der Waals surface area contributed by atoms with E-state index in [0.29, 0.717) is 4.64 Å². The van der Waals surface area contributed by atoms with Crippen LogP contribution < -0.4 is 0 Å². The van der Waals surface area contributed by atoms with Gasteiger partial charge in [-0.05, 0) is 56.0 Å². The van der Waals surface area contributed by atoms with Crippen molar-refractivity contribution in [3.8, 4) is 0 Å². The monoisotopic (exact) mass is 358 g/mol. The lowest BCUT2D eigenvalue weighted by Crippen LogP contribution is -2.32. The number of nitrogens with one attached hydrogen (secondary N) is 1. The van der Waals surface area contributed by atoms with E-state index in [0.717, 1.165) is 42.8 Å². The summed E-state index contributed by atoms with van der Waals surface area (Å²) in [4.78, 5) is 12.9. The van der Waals surface area contributed by atoms with Crippen molar-refractivity contribution >= 4 is 28.1 Å². The zero-order valence-electron chi connectivity index (χ0n) is 12.4. The van der Waals surface area contributed by atoms with Crippen molar-refractivity contribution in [2.75, 3.05) is 33.7 Å². The first-order valence-corrected chi connectivity index (χ1v) is 8.40.